The average Bonchev–Trinajstić information content (AvgIpc) is 2.82. The van der Waals surface area contributed by atoms with Crippen molar-refractivity contribution in [3.63, 3.8) is 0 Å². The lowest BCUT2D eigenvalue weighted by molar-refractivity contribution is 0.423. The van der Waals surface area contributed by atoms with Crippen LogP contribution in [0.3, 0.4) is 0 Å². The molecule has 0 saturated carbocycles. The van der Waals surface area contributed by atoms with Gasteiger partial charge in [-0.2, -0.15) is 15.0 Å². The maximum Gasteiger partial charge on any atom is 0.115 e. The van der Waals surface area contributed by atoms with E-state index in [1.54, 1.807) is 0 Å². The molecule has 5 heteroatoms. The van der Waals surface area contributed by atoms with Crippen molar-refractivity contribution in [2.75, 3.05) is 6.26 Å². The van der Waals surface area contributed by atoms with Crippen LogP contribution >= 0.6 is 11.8 Å². The summed E-state index contributed by atoms with van der Waals surface area (Å²) >= 11 is 1.93. The quantitative estimate of drug-likeness (QED) is 0.735. The molecule has 0 spiro atoms. The molecular weight excluding hydrogens is 282 g/mol. The summed E-state index contributed by atoms with van der Waals surface area (Å²) in [6.07, 6.45) is 5.81. The van der Waals surface area contributed by atoms with Gasteiger partial charge in [0, 0.05) is 0 Å². The zero-order valence-corrected chi connectivity index (χ0v) is 15.0. The maximum atomic E-state index is 4.79. The highest BCUT2D eigenvalue weighted by Gasteiger charge is 2.46. The van der Waals surface area contributed by atoms with E-state index < -0.39 is 8.07 Å². The highest BCUT2D eigenvalue weighted by atomic mass is 32.2. The van der Waals surface area contributed by atoms with Crippen LogP contribution in [0.1, 0.15) is 26.2 Å². The van der Waals surface area contributed by atoms with E-state index in [4.69, 9.17) is 10.2 Å². The Morgan fingerprint density at radius 2 is 1.70 bits per heavy atom. The zero-order chi connectivity index (χ0) is 14.8. The minimum atomic E-state index is -1.48. The predicted molar refractivity (Wildman–Crippen MR) is 91.9 cm³/mol. The first-order valence-electron chi connectivity index (χ1n) is 7.32. The third-order valence-electron chi connectivity index (χ3n) is 3.99. The standard InChI is InChI=1S/C15H25N3SSi/c1-6-7-12-15(19-2,20(3,4)5)18-16-13-10-8-9-11-14(13)17-18/h8-11H,6-7,12H2,1-5H3. The van der Waals surface area contributed by atoms with Gasteiger partial charge in [-0.1, -0.05) is 51.5 Å². The van der Waals surface area contributed by atoms with Gasteiger partial charge in [0.05, 0.1) is 8.07 Å². The topological polar surface area (TPSA) is 30.7 Å². The summed E-state index contributed by atoms with van der Waals surface area (Å²) in [4.78, 5) is 2.03. The molecule has 1 unspecified atom stereocenters. The first kappa shape index (κ1) is 15.6. The van der Waals surface area contributed by atoms with Crippen LogP contribution < -0.4 is 0 Å². The lowest BCUT2D eigenvalue weighted by Gasteiger charge is -2.41. The molecule has 2 rings (SSSR count). The SMILES string of the molecule is CCCCC(SC)(n1nc2ccccc2n1)[Si](C)(C)C. The second-order valence-electron chi connectivity index (χ2n) is 6.32. The first-order valence-corrected chi connectivity index (χ1v) is 12.0. The van der Waals surface area contributed by atoms with Gasteiger partial charge in [-0.05, 0) is 24.8 Å². The number of rotatable bonds is 6. The van der Waals surface area contributed by atoms with E-state index in [0.717, 1.165) is 17.5 Å². The highest BCUT2D eigenvalue weighted by Crippen LogP contribution is 2.42. The van der Waals surface area contributed by atoms with Crippen LogP contribution in [-0.4, -0.2) is 29.3 Å². The summed E-state index contributed by atoms with van der Waals surface area (Å²) in [7, 11) is -1.48. The number of fused-ring (bicyclic) bond motifs is 1. The number of nitrogens with zero attached hydrogens (tertiary/aromatic N) is 3. The molecular formula is C15H25N3SSi. The largest absolute Gasteiger partial charge is 0.171 e. The molecule has 1 heterocycles. The maximum absolute atomic E-state index is 4.79. The van der Waals surface area contributed by atoms with Crippen LogP contribution in [0.15, 0.2) is 24.3 Å². The van der Waals surface area contributed by atoms with Crippen molar-refractivity contribution in [2.24, 2.45) is 0 Å². The fraction of sp³-hybridized carbons (Fsp3) is 0.600. The van der Waals surface area contributed by atoms with Crippen molar-refractivity contribution in [3.05, 3.63) is 24.3 Å². The Bertz CT molecular complexity index is 543. The van der Waals surface area contributed by atoms with Gasteiger partial charge in [-0.3, -0.25) is 0 Å². The Balaban J connectivity index is 2.54. The third kappa shape index (κ3) is 2.65. The number of benzene rings is 1. The van der Waals surface area contributed by atoms with Crippen LogP contribution in [0.5, 0.6) is 0 Å². The Morgan fingerprint density at radius 1 is 1.15 bits per heavy atom. The number of thioether (sulfide) groups is 1. The van der Waals surface area contributed by atoms with E-state index in [0.29, 0.717) is 0 Å². The summed E-state index contributed by atoms with van der Waals surface area (Å²) in [6.45, 7) is 9.52. The second kappa shape index (κ2) is 5.90. The highest BCUT2D eigenvalue weighted by molar-refractivity contribution is 8.01. The normalized spacial score (nSPS) is 15.4. The van der Waals surface area contributed by atoms with Crippen LogP contribution in [0, 0.1) is 0 Å². The van der Waals surface area contributed by atoms with Crippen LogP contribution in [-0.2, 0) is 4.49 Å². The van der Waals surface area contributed by atoms with E-state index in [2.05, 4.69) is 32.8 Å². The average molecular weight is 308 g/mol. The number of aromatic nitrogens is 3. The molecule has 1 aromatic carbocycles. The van der Waals surface area contributed by atoms with Crippen molar-refractivity contribution >= 4 is 30.9 Å². The summed E-state index contributed by atoms with van der Waals surface area (Å²) in [5, 5.41) is 9.59. The molecule has 0 fully saturated rings. The monoisotopic (exact) mass is 307 g/mol. The summed E-state index contributed by atoms with van der Waals surface area (Å²) in [6, 6.07) is 8.16. The number of hydrogen-bond donors (Lipinski definition) is 0. The van der Waals surface area contributed by atoms with E-state index >= 15 is 0 Å². The first-order chi connectivity index (χ1) is 9.44. The Hall–Kier alpha value is -0.813. The smallest absolute Gasteiger partial charge is 0.115 e. The van der Waals surface area contributed by atoms with E-state index in [-0.39, 0.29) is 4.49 Å². The van der Waals surface area contributed by atoms with E-state index in [1.165, 1.54) is 12.8 Å². The molecule has 0 radical (unpaired) electrons. The van der Waals surface area contributed by atoms with Crippen LogP contribution in [0.4, 0.5) is 0 Å². The van der Waals surface area contributed by atoms with Crippen molar-refractivity contribution < 1.29 is 0 Å². The van der Waals surface area contributed by atoms with Gasteiger partial charge in [0.25, 0.3) is 0 Å². The minimum Gasteiger partial charge on any atom is -0.171 e. The fourth-order valence-electron chi connectivity index (χ4n) is 2.70. The Morgan fingerprint density at radius 3 is 2.10 bits per heavy atom. The molecule has 20 heavy (non-hydrogen) atoms. The van der Waals surface area contributed by atoms with Gasteiger partial charge in [0.1, 0.15) is 15.5 Å². The lowest BCUT2D eigenvalue weighted by atomic mass is 10.2. The fourth-order valence-corrected chi connectivity index (χ4v) is 7.37. The minimum absolute atomic E-state index is 0.0437. The van der Waals surface area contributed by atoms with Gasteiger partial charge in [0.2, 0.25) is 0 Å². The Kier molecular flexibility index (Phi) is 4.59. The number of unbranched alkanes of at least 4 members (excludes halogenated alkanes) is 1. The van der Waals surface area contributed by atoms with Gasteiger partial charge < -0.3 is 0 Å². The molecule has 0 aliphatic rings. The summed E-state index contributed by atoms with van der Waals surface area (Å²) in [5.41, 5.74) is 2.00. The Labute approximate surface area is 127 Å². The zero-order valence-electron chi connectivity index (χ0n) is 13.2. The van der Waals surface area contributed by atoms with Gasteiger partial charge in [-0.25, -0.2) is 0 Å². The third-order valence-corrected chi connectivity index (χ3v) is 10.3. The molecule has 0 bridgehead atoms. The van der Waals surface area contributed by atoms with Gasteiger partial charge >= 0.3 is 0 Å². The van der Waals surface area contributed by atoms with Crippen molar-refractivity contribution in [3.8, 4) is 0 Å². The predicted octanol–water partition coefficient (Wildman–Crippen LogP) is 4.51. The number of hydrogen-bond acceptors (Lipinski definition) is 3. The molecule has 1 atom stereocenters. The molecule has 2 aromatic rings. The molecule has 0 aliphatic carbocycles. The molecule has 1 aromatic heterocycles. The van der Waals surface area contributed by atoms with Crippen LogP contribution in [0.25, 0.3) is 11.0 Å². The molecule has 0 N–H and O–H groups in total. The summed E-state index contributed by atoms with van der Waals surface area (Å²) < 4.78 is 0.0437. The molecule has 0 aliphatic heterocycles. The molecule has 0 amide bonds. The van der Waals surface area contributed by atoms with E-state index in [1.807, 2.05) is 40.8 Å². The molecule has 110 valence electrons. The molecule has 0 saturated heterocycles. The molecule has 3 nitrogen and oxygen atoms in total. The van der Waals surface area contributed by atoms with Crippen molar-refractivity contribution in [1.82, 2.24) is 15.0 Å². The van der Waals surface area contributed by atoms with Crippen LogP contribution in [0.2, 0.25) is 19.6 Å². The van der Waals surface area contributed by atoms with Crippen molar-refractivity contribution in [1.29, 1.82) is 0 Å². The van der Waals surface area contributed by atoms with Gasteiger partial charge in [0.15, 0.2) is 0 Å². The lowest BCUT2D eigenvalue weighted by Crippen LogP contribution is -2.52. The second-order valence-corrected chi connectivity index (χ2v) is 13.1. The van der Waals surface area contributed by atoms with Crippen molar-refractivity contribution in [2.45, 2.75) is 50.3 Å². The summed E-state index contributed by atoms with van der Waals surface area (Å²) in [5.74, 6) is 0. The van der Waals surface area contributed by atoms with E-state index in [9.17, 15) is 0 Å². The van der Waals surface area contributed by atoms with Gasteiger partial charge in [-0.15, -0.1) is 11.8 Å².